The summed E-state index contributed by atoms with van der Waals surface area (Å²) < 4.78 is 26.8. The van der Waals surface area contributed by atoms with Gasteiger partial charge >= 0.3 is 6.09 Å². The highest BCUT2D eigenvalue weighted by molar-refractivity contribution is 7.89. The van der Waals surface area contributed by atoms with Crippen LogP contribution in [-0.4, -0.2) is 48.6 Å². The number of hydrogen-bond acceptors (Lipinski definition) is 4. The van der Waals surface area contributed by atoms with E-state index in [1.54, 1.807) is 0 Å². The summed E-state index contributed by atoms with van der Waals surface area (Å²) in [6.45, 7) is 0.642. The number of hydrogen-bond donors (Lipinski definition) is 2. The van der Waals surface area contributed by atoms with Crippen LogP contribution in [0.5, 0.6) is 0 Å². The fourth-order valence-electron chi connectivity index (χ4n) is 2.00. The van der Waals surface area contributed by atoms with Crippen molar-refractivity contribution >= 4 is 27.7 Å². The number of aromatic nitrogens is 1. The molecule has 110 valence electrons. The van der Waals surface area contributed by atoms with E-state index in [1.807, 2.05) is 0 Å². The number of nitrogens with one attached hydrogen (secondary N) is 1. The zero-order valence-corrected chi connectivity index (χ0v) is 12.1. The van der Waals surface area contributed by atoms with Gasteiger partial charge in [-0.2, -0.15) is 0 Å². The van der Waals surface area contributed by atoms with Gasteiger partial charge in [-0.15, -0.1) is 0 Å². The zero-order valence-electron chi connectivity index (χ0n) is 10.5. The molecule has 9 heteroatoms. The van der Waals surface area contributed by atoms with Crippen molar-refractivity contribution in [3.8, 4) is 0 Å². The highest BCUT2D eigenvalue weighted by atomic mass is 35.5. The van der Waals surface area contributed by atoms with E-state index in [9.17, 15) is 13.2 Å². The topological polar surface area (TPSA) is 99.6 Å². The minimum absolute atomic E-state index is 0.0440. The molecule has 1 aliphatic rings. The van der Waals surface area contributed by atoms with E-state index in [0.717, 1.165) is 0 Å². The Morgan fingerprint density at radius 1 is 1.40 bits per heavy atom. The molecule has 1 fully saturated rings. The molecule has 20 heavy (non-hydrogen) atoms. The van der Waals surface area contributed by atoms with Crippen LogP contribution in [0.3, 0.4) is 0 Å². The molecule has 0 bridgehead atoms. The average molecular weight is 320 g/mol. The number of carboxylic acid groups (broad SMARTS) is 1. The third kappa shape index (κ3) is 3.59. The molecule has 0 atom stereocenters. The Labute approximate surface area is 121 Å². The van der Waals surface area contributed by atoms with Gasteiger partial charge in [0, 0.05) is 25.3 Å². The predicted molar refractivity (Wildman–Crippen MR) is 72.2 cm³/mol. The number of likely N-dealkylation sites (tertiary alicyclic amines) is 1. The third-order valence-corrected chi connectivity index (χ3v) is 4.83. The second-order valence-electron chi connectivity index (χ2n) is 4.48. The molecule has 0 unspecified atom stereocenters. The van der Waals surface area contributed by atoms with Crippen molar-refractivity contribution in [2.45, 2.75) is 23.8 Å². The summed E-state index contributed by atoms with van der Waals surface area (Å²) in [7, 11) is -3.65. The van der Waals surface area contributed by atoms with Crippen LogP contribution in [0.25, 0.3) is 0 Å². The Hall–Kier alpha value is -1.38. The lowest BCUT2D eigenvalue weighted by atomic mass is 10.1. The molecule has 2 heterocycles. The monoisotopic (exact) mass is 319 g/mol. The lowest BCUT2D eigenvalue weighted by Gasteiger charge is -2.30. The van der Waals surface area contributed by atoms with Gasteiger partial charge in [0.15, 0.2) is 0 Å². The summed E-state index contributed by atoms with van der Waals surface area (Å²) in [6.07, 6.45) is 1.11. The molecule has 1 saturated heterocycles. The fraction of sp³-hybridized carbons (Fsp3) is 0.455. The van der Waals surface area contributed by atoms with Crippen molar-refractivity contribution in [3.63, 3.8) is 0 Å². The lowest BCUT2D eigenvalue weighted by Crippen LogP contribution is -2.46. The number of sulfonamides is 1. The second kappa shape index (κ2) is 5.94. The van der Waals surface area contributed by atoms with Crippen molar-refractivity contribution in [3.05, 3.63) is 23.5 Å². The van der Waals surface area contributed by atoms with Crippen LogP contribution in [0.15, 0.2) is 23.2 Å². The number of piperidine rings is 1. The largest absolute Gasteiger partial charge is 0.465 e. The van der Waals surface area contributed by atoms with E-state index in [1.165, 1.54) is 23.2 Å². The molecule has 0 saturated carbocycles. The average Bonchev–Trinajstić information content (AvgIpc) is 2.39. The Morgan fingerprint density at radius 3 is 2.55 bits per heavy atom. The number of carbonyl (C=O) groups is 1. The maximum Gasteiger partial charge on any atom is 0.407 e. The number of pyridine rings is 1. The van der Waals surface area contributed by atoms with Crippen LogP contribution in [-0.2, 0) is 10.0 Å². The van der Waals surface area contributed by atoms with E-state index >= 15 is 0 Å². The molecule has 1 aromatic rings. The molecule has 0 spiro atoms. The molecule has 0 aromatic carbocycles. The molecule has 1 aliphatic heterocycles. The third-order valence-electron chi connectivity index (χ3n) is 3.10. The molecule has 2 N–H and O–H groups in total. The van der Waals surface area contributed by atoms with Crippen LogP contribution in [0.2, 0.25) is 5.15 Å². The molecule has 0 radical (unpaired) electrons. The predicted octanol–water partition coefficient (Wildman–Crippen LogP) is 1.16. The van der Waals surface area contributed by atoms with Crippen molar-refractivity contribution < 1.29 is 18.3 Å². The van der Waals surface area contributed by atoms with Crippen molar-refractivity contribution in [2.75, 3.05) is 13.1 Å². The summed E-state index contributed by atoms with van der Waals surface area (Å²) in [4.78, 5) is 15.8. The summed E-state index contributed by atoms with van der Waals surface area (Å²) in [5, 5.41) is 9.05. The van der Waals surface area contributed by atoms with E-state index in [-0.39, 0.29) is 16.1 Å². The SMILES string of the molecule is O=C(O)N1CCC(NS(=O)(=O)c2ccc(Cl)nc2)CC1. The van der Waals surface area contributed by atoms with Gasteiger partial charge in [-0.25, -0.2) is 22.9 Å². The van der Waals surface area contributed by atoms with Gasteiger partial charge in [0.25, 0.3) is 0 Å². The van der Waals surface area contributed by atoms with Gasteiger partial charge in [-0.1, -0.05) is 11.6 Å². The van der Waals surface area contributed by atoms with E-state index in [0.29, 0.717) is 25.9 Å². The highest BCUT2D eigenvalue weighted by Crippen LogP contribution is 2.15. The van der Waals surface area contributed by atoms with Crippen LogP contribution < -0.4 is 4.72 Å². The minimum atomic E-state index is -3.65. The summed E-state index contributed by atoms with van der Waals surface area (Å²) in [5.74, 6) is 0. The lowest BCUT2D eigenvalue weighted by molar-refractivity contribution is 0.131. The smallest absolute Gasteiger partial charge is 0.407 e. The van der Waals surface area contributed by atoms with Gasteiger partial charge in [-0.3, -0.25) is 0 Å². The van der Waals surface area contributed by atoms with Gasteiger partial charge < -0.3 is 10.0 Å². The maximum absolute atomic E-state index is 12.1. The van der Waals surface area contributed by atoms with Crippen LogP contribution >= 0.6 is 11.6 Å². The Morgan fingerprint density at radius 2 is 2.05 bits per heavy atom. The van der Waals surface area contributed by atoms with E-state index < -0.39 is 16.1 Å². The molecular weight excluding hydrogens is 306 g/mol. The Bertz CT molecular complexity index is 582. The summed E-state index contributed by atoms with van der Waals surface area (Å²) >= 11 is 5.61. The molecule has 1 amide bonds. The quantitative estimate of drug-likeness (QED) is 0.814. The molecule has 0 aliphatic carbocycles. The zero-order chi connectivity index (χ0) is 14.8. The fourth-order valence-corrected chi connectivity index (χ4v) is 3.36. The molecular formula is C11H14ClN3O4S. The minimum Gasteiger partial charge on any atom is -0.465 e. The van der Waals surface area contributed by atoms with Gasteiger partial charge in [0.1, 0.15) is 10.0 Å². The standard InChI is InChI=1S/C11H14ClN3O4S/c12-10-2-1-9(7-13-10)20(18,19)14-8-3-5-15(6-4-8)11(16)17/h1-2,7-8,14H,3-6H2,(H,16,17). The first kappa shape index (κ1) is 15.0. The highest BCUT2D eigenvalue weighted by Gasteiger charge is 2.26. The summed E-state index contributed by atoms with van der Waals surface area (Å²) in [6, 6.07) is 2.51. The Balaban J connectivity index is 2.00. The summed E-state index contributed by atoms with van der Waals surface area (Å²) in [5.41, 5.74) is 0. The van der Waals surface area contributed by atoms with Crippen LogP contribution in [0, 0.1) is 0 Å². The van der Waals surface area contributed by atoms with E-state index in [4.69, 9.17) is 16.7 Å². The second-order valence-corrected chi connectivity index (χ2v) is 6.58. The van der Waals surface area contributed by atoms with E-state index in [2.05, 4.69) is 9.71 Å². The first-order chi connectivity index (χ1) is 9.38. The number of halogens is 1. The van der Waals surface area contributed by atoms with Crippen LogP contribution in [0.1, 0.15) is 12.8 Å². The maximum atomic E-state index is 12.1. The van der Waals surface area contributed by atoms with Crippen molar-refractivity contribution in [1.82, 2.24) is 14.6 Å². The number of amides is 1. The number of nitrogens with zero attached hydrogens (tertiary/aromatic N) is 2. The van der Waals surface area contributed by atoms with Crippen LogP contribution in [0.4, 0.5) is 4.79 Å². The normalized spacial score (nSPS) is 17.1. The molecule has 7 nitrogen and oxygen atoms in total. The van der Waals surface area contributed by atoms with Gasteiger partial charge in [-0.05, 0) is 25.0 Å². The molecule has 1 aromatic heterocycles. The van der Waals surface area contributed by atoms with Crippen molar-refractivity contribution in [1.29, 1.82) is 0 Å². The van der Waals surface area contributed by atoms with Crippen molar-refractivity contribution in [2.24, 2.45) is 0 Å². The Kier molecular flexibility index (Phi) is 4.46. The van der Waals surface area contributed by atoms with Gasteiger partial charge in [0.2, 0.25) is 10.0 Å². The molecule has 2 rings (SSSR count). The first-order valence-electron chi connectivity index (χ1n) is 6.00. The van der Waals surface area contributed by atoms with Gasteiger partial charge in [0.05, 0.1) is 0 Å². The first-order valence-corrected chi connectivity index (χ1v) is 7.86. The number of rotatable bonds is 3.